The third-order valence-corrected chi connectivity index (χ3v) is 4.66. The lowest BCUT2D eigenvalue weighted by Gasteiger charge is -2.04. The largest absolute Gasteiger partial charge is 0.469 e. The molecule has 0 aliphatic rings. The highest BCUT2D eigenvalue weighted by atomic mass is 35.5. The van der Waals surface area contributed by atoms with E-state index in [1.54, 1.807) is 34.5 Å². The minimum Gasteiger partial charge on any atom is -0.469 e. The molecule has 0 saturated carbocycles. The van der Waals surface area contributed by atoms with Crippen LogP contribution in [0.2, 0.25) is 0 Å². The van der Waals surface area contributed by atoms with Gasteiger partial charge in [0.2, 0.25) is 0 Å². The maximum atomic E-state index is 12.7. The van der Waals surface area contributed by atoms with Gasteiger partial charge < -0.3 is 10.5 Å². The molecule has 0 radical (unpaired) electrons. The monoisotopic (exact) mass is 414 g/mol. The molecule has 0 fully saturated rings. The molecule has 0 aliphatic heterocycles. The zero-order valence-electron chi connectivity index (χ0n) is 16.2. The molecule has 0 amide bonds. The van der Waals surface area contributed by atoms with E-state index in [0.717, 1.165) is 22.5 Å². The van der Waals surface area contributed by atoms with Crippen molar-refractivity contribution in [2.75, 3.05) is 7.11 Å². The number of methoxy groups -OCH3 is 1. The van der Waals surface area contributed by atoms with Gasteiger partial charge in [-0.3, -0.25) is 19.3 Å². The van der Waals surface area contributed by atoms with Crippen molar-refractivity contribution in [3.63, 3.8) is 0 Å². The van der Waals surface area contributed by atoms with Crippen LogP contribution < -0.4 is 11.4 Å². The van der Waals surface area contributed by atoms with Gasteiger partial charge in [0.05, 0.1) is 18.5 Å². The number of aryl methyl sites for hydroxylation is 1. The minimum atomic E-state index is -0.246. The molecule has 2 aromatic carbocycles. The van der Waals surface area contributed by atoms with Crippen LogP contribution in [0.5, 0.6) is 0 Å². The number of amidine groups is 1. The number of carbonyl (C=O) groups excluding carboxylic acids is 1. The van der Waals surface area contributed by atoms with E-state index < -0.39 is 0 Å². The summed E-state index contributed by atoms with van der Waals surface area (Å²) in [5, 5.41) is 7.48. The summed E-state index contributed by atoms with van der Waals surface area (Å²) in [6.45, 7) is 0. The van der Waals surface area contributed by atoms with Crippen LogP contribution in [-0.4, -0.2) is 28.0 Å². The Balaban J connectivity index is 0.00000300. The Morgan fingerprint density at radius 2 is 1.72 bits per heavy atom. The van der Waals surface area contributed by atoms with E-state index in [2.05, 4.69) is 4.74 Å². The van der Waals surface area contributed by atoms with Gasteiger partial charge in [0.15, 0.2) is 0 Å². The fourth-order valence-corrected chi connectivity index (χ4v) is 2.97. The van der Waals surface area contributed by atoms with Crippen molar-refractivity contribution in [2.45, 2.75) is 12.8 Å². The summed E-state index contributed by atoms with van der Waals surface area (Å²) in [6, 6.07) is 14.7. The summed E-state index contributed by atoms with van der Waals surface area (Å²) in [7, 11) is 3.09. The number of ether oxygens (including phenoxy) is 1. The Bertz CT molecular complexity index is 1070. The summed E-state index contributed by atoms with van der Waals surface area (Å²) in [5.41, 5.74) is 9.33. The summed E-state index contributed by atoms with van der Waals surface area (Å²) in [5.74, 6) is -0.242. The third kappa shape index (κ3) is 4.75. The van der Waals surface area contributed by atoms with Crippen LogP contribution in [0.25, 0.3) is 16.9 Å². The lowest BCUT2D eigenvalue weighted by Crippen LogP contribution is -2.21. The average Bonchev–Trinajstić information content (AvgIpc) is 3.01. The number of rotatable bonds is 6. The second kappa shape index (κ2) is 9.25. The number of nitrogens with one attached hydrogen (secondary N) is 1. The molecule has 29 heavy (non-hydrogen) atoms. The lowest BCUT2D eigenvalue weighted by atomic mass is 10.1. The molecule has 0 saturated heterocycles. The molecular formula is C21H23ClN4O3. The van der Waals surface area contributed by atoms with Crippen molar-refractivity contribution in [3.05, 3.63) is 76.3 Å². The van der Waals surface area contributed by atoms with E-state index in [1.165, 1.54) is 7.11 Å². The van der Waals surface area contributed by atoms with Gasteiger partial charge in [-0.05, 0) is 29.7 Å². The van der Waals surface area contributed by atoms with Gasteiger partial charge in [-0.1, -0.05) is 36.4 Å². The molecule has 8 heteroatoms. The van der Waals surface area contributed by atoms with Crippen molar-refractivity contribution in [3.8, 4) is 16.9 Å². The van der Waals surface area contributed by atoms with Gasteiger partial charge in [-0.25, -0.2) is 4.79 Å². The fraction of sp³-hybridized carbons (Fsp3) is 0.190. The maximum absolute atomic E-state index is 12.7. The molecule has 0 aliphatic carbocycles. The molecular weight excluding hydrogens is 392 g/mol. The van der Waals surface area contributed by atoms with Crippen molar-refractivity contribution >= 4 is 24.2 Å². The van der Waals surface area contributed by atoms with Crippen molar-refractivity contribution in [1.82, 2.24) is 9.13 Å². The first-order chi connectivity index (χ1) is 13.4. The Labute approximate surface area is 174 Å². The van der Waals surface area contributed by atoms with Crippen molar-refractivity contribution in [1.29, 1.82) is 5.41 Å². The molecule has 3 aromatic rings. The standard InChI is InChI=1S/C21H22N4O3.ClH/c1-24-18(15-6-8-16(9-7-15)20(22)23)13-25(21(24)27)17-10-3-14(4-11-17)5-12-19(26)28-2;/h3-4,6-11,13H,5,12H2,1-2H3,(H3,22,23);1H. The molecule has 3 rings (SSSR count). The lowest BCUT2D eigenvalue weighted by molar-refractivity contribution is -0.140. The molecule has 0 unspecified atom stereocenters. The first kappa shape index (κ1) is 22.0. The maximum Gasteiger partial charge on any atom is 0.332 e. The van der Waals surface area contributed by atoms with Gasteiger partial charge in [0.1, 0.15) is 5.84 Å². The highest BCUT2D eigenvalue weighted by Gasteiger charge is 2.12. The smallest absolute Gasteiger partial charge is 0.332 e. The van der Waals surface area contributed by atoms with E-state index in [9.17, 15) is 9.59 Å². The molecule has 0 atom stereocenters. The van der Waals surface area contributed by atoms with Crippen molar-refractivity contribution in [2.24, 2.45) is 12.8 Å². The number of imidazole rings is 1. The quantitative estimate of drug-likeness (QED) is 0.367. The normalized spacial score (nSPS) is 10.3. The zero-order valence-corrected chi connectivity index (χ0v) is 17.0. The van der Waals surface area contributed by atoms with Crippen LogP contribution in [0.4, 0.5) is 0 Å². The minimum absolute atomic E-state index is 0. The number of aromatic nitrogens is 2. The molecule has 0 spiro atoms. The fourth-order valence-electron chi connectivity index (χ4n) is 2.97. The van der Waals surface area contributed by atoms with Gasteiger partial charge >= 0.3 is 11.7 Å². The number of esters is 1. The van der Waals surface area contributed by atoms with Crippen LogP contribution in [0, 0.1) is 5.41 Å². The second-order valence-corrected chi connectivity index (χ2v) is 6.46. The van der Waals surface area contributed by atoms with Crippen LogP contribution in [0.15, 0.2) is 59.5 Å². The number of benzene rings is 2. The summed E-state index contributed by atoms with van der Waals surface area (Å²) in [6.07, 6.45) is 2.69. The predicted octanol–water partition coefficient (Wildman–Crippen LogP) is 2.65. The third-order valence-electron chi connectivity index (χ3n) is 4.66. The first-order valence-corrected chi connectivity index (χ1v) is 8.80. The van der Waals surface area contributed by atoms with Crippen molar-refractivity contribution < 1.29 is 9.53 Å². The molecule has 152 valence electrons. The number of nitrogen functional groups attached to an aromatic ring is 1. The molecule has 1 heterocycles. The number of halogens is 1. The Morgan fingerprint density at radius 1 is 1.10 bits per heavy atom. The van der Waals surface area contributed by atoms with Crippen LogP contribution >= 0.6 is 12.4 Å². The summed E-state index contributed by atoms with van der Waals surface area (Å²) >= 11 is 0. The van der Waals surface area contributed by atoms with Gasteiger partial charge in [-0.15, -0.1) is 12.4 Å². The van der Waals surface area contributed by atoms with Gasteiger partial charge in [0.25, 0.3) is 0 Å². The van der Waals surface area contributed by atoms with Gasteiger partial charge in [0, 0.05) is 25.2 Å². The first-order valence-electron chi connectivity index (χ1n) is 8.80. The zero-order chi connectivity index (χ0) is 20.3. The van der Waals surface area contributed by atoms with E-state index in [-0.39, 0.29) is 29.9 Å². The highest BCUT2D eigenvalue weighted by molar-refractivity contribution is 5.95. The van der Waals surface area contributed by atoms with E-state index in [0.29, 0.717) is 18.4 Å². The summed E-state index contributed by atoms with van der Waals surface area (Å²) in [4.78, 5) is 24.0. The molecule has 3 N–H and O–H groups in total. The Morgan fingerprint density at radius 3 is 2.28 bits per heavy atom. The molecule has 1 aromatic heterocycles. The number of hydrogen-bond donors (Lipinski definition) is 2. The number of hydrogen-bond acceptors (Lipinski definition) is 4. The summed E-state index contributed by atoms with van der Waals surface area (Å²) < 4.78 is 7.81. The van der Waals surface area contributed by atoms with Gasteiger partial charge in [-0.2, -0.15) is 0 Å². The second-order valence-electron chi connectivity index (χ2n) is 6.46. The molecule has 7 nitrogen and oxygen atoms in total. The number of nitrogens with two attached hydrogens (primary N) is 1. The average molecular weight is 415 g/mol. The number of nitrogens with zero attached hydrogens (tertiary/aromatic N) is 2. The highest BCUT2D eigenvalue weighted by Crippen LogP contribution is 2.20. The molecule has 0 bridgehead atoms. The topological polar surface area (TPSA) is 103 Å². The van der Waals surface area contributed by atoms with E-state index in [1.807, 2.05) is 36.4 Å². The van der Waals surface area contributed by atoms with Crippen LogP contribution in [0.1, 0.15) is 17.5 Å². The number of carbonyl (C=O) groups is 1. The van der Waals surface area contributed by atoms with E-state index in [4.69, 9.17) is 11.1 Å². The SMILES string of the molecule is COC(=O)CCc1ccc(-n2cc(-c3ccc(C(=N)N)cc3)n(C)c2=O)cc1.Cl. The Hall–Kier alpha value is -3.32. The Kier molecular flexibility index (Phi) is 7.01. The van der Waals surface area contributed by atoms with E-state index >= 15 is 0 Å². The predicted molar refractivity (Wildman–Crippen MR) is 115 cm³/mol. The van der Waals surface area contributed by atoms with Crippen LogP contribution in [-0.2, 0) is 23.0 Å². The van der Waals surface area contributed by atoms with Crippen LogP contribution in [0.3, 0.4) is 0 Å².